The normalized spacial score (nSPS) is 12.9. The van der Waals surface area contributed by atoms with Gasteiger partial charge in [-0.3, -0.25) is 14.9 Å². The van der Waals surface area contributed by atoms with E-state index in [-0.39, 0.29) is 23.8 Å². The maximum atomic E-state index is 12.4. The molecule has 1 heterocycles. The molecule has 0 saturated carbocycles. The average Bonchev–Trinajstić information content (AvgIpc) is 3.15. The lowest BCUT2D eigenvalue weighted by atomic mass is 9.92. The summed E-state index contributed by atoms with van der Waals surface area (Å²) in [4.78, 5) is 22.8. The number of carbonyl (C=O) groups excluding carboxylic acids is 1. The summed E-state index contributed by atoms with van der Waals surface area (Å²) in [5, 5.41) is 19.8. The third kappa shape index (κ3) is 4.93. The van der Waals surface area contributed by atoms with E-state index in [0.717, 1.165) is 18.6 Å². The molecule has 0 saturated heterocycles. The first kappa shape index (κ1) is 21.0. The van der Waals surface area contributed by atoms with Crippen LogP contribution in [0.25, 0.3) is 0 Å². The van der Waals surface area contributed by atoms with Crippen molar-refractivity contribution < 1.29 is 14.5 Å². The fraction of sp³-hybridized carbons (Fsp3) is 0.318. The van der Waals surface area contributed by atoms with E-state index in [4.69, 9.17) is 4.74 Å². The number of aromatic nitrogens is 3. The number of carbonyl (C=O) groups is 1. The molecule has 0 aliphatic heterocycles. The summed E-state index contributed by atoms with van der Waals surface area (Å²) in [5.41, 5.74) is 2.97. The topological polar surface area (TPSA) is 100 Å². The van der Waals surface area contributed by atoms with Crippen LogP contribution >= 0.6 is 11.8 Å². The number of nitro groups is 1. The molecule has 160 valence electrons. The van der Waals surface area contributed by atoms with E-state index in [1.54, 1.807) is 10.6 Å². The fourth-order valence-corrected chi connectivity index (χ4v) is 4.37. The maximum absolute atomic E-state index is 12.4. The average molecular weight is 439 g/mol. The summed E-state index contributed by atoms with van der Waals surface area (Å²) >= 11 is 1.24. The molecule has 1 aromatic heterocycles. The molecule has 0 N–H and O–H groups in total. The molecule has 4 rings (SSSR count). The van der Waals surface area contributed by atoms with Crippen molar-refractivity contribution in [3.8, 4) is 5.75 Å². The van der Waals surface area contributed by atoms with Crippen LogP contribution in [0.5, 0.6) is 5.75 Å². The van der Waals surface area contributed by atoms with Gasteiger partial charge < -0.3 is 9.30 Å². The van der Waals surface area contributed by atoms with Gasteiger partial charge in [0.05, 0.1) is 10.7 Å². The molecule has 0 spiro atoms. The van der Waals surface area contributed by atoms with E-state index in [1.807, 2.05) is 13.1 Å². The zero-order valence-corrected chi connectivity index (χ0v) is 17.9. The number of benzene rings is 2. The van der Waals surface area contributed by atoms with Gasteiger partial charge in [-0.15, -0.1) is 10.2 Å². The van der Waals surface area contributed by atoms with E-state index in [1.165, 1.54) is 53.9 Å². The number of nitrogens with zero attached hydrogens (tertiary/aromatic N) is 4. The molecule has 1 aliphatic rings. The lowest BCUT2D eigenvalue weighted by Gasteiger charge is -2.16. The first-order chi connectivity index (χ1) is 15.0. The van der Waals surface area contributed by atoms with Crippen molar-refractivity contribution in [3.63, 3.8) is 0 Å². The lowest BCUT2D eigenvalue weighted by molar-refractivity contribution is -0.384. The van der Waals surface area contributed by atoms with Gasteiger partial charge in [-0.25, -0.2) is 0 Å². The molecule has 0 atom stereocenters. The van der Waals surface area contributed by atoms with Crippen LogP contribution in [-0.4, -0.2) is 31.2 Å². The number of thioether (sulfide) groups is 1. The van der Waals surface area contributed by atoms with Crippen LogP contribution in [-0.2, 0) is 26.5 Å². The SMILES string of the molecule is Cn1c(COc2ccc3c(c2)CCCC3)nnc1SCC(=O)c1cccc([N+](=O)[O-])c1. The van der Waals surface area contributed by atoms with Crippen LogP contribution in [0.4, 0.5) is 5.69 Å². The van der Waals surface area contributed by atoms with Crippen molar-refractivity contribution in [3.05, 3.63) is 75.1 Å². The second kappa shape index (κ2) is 9.30. The number of hydrogen-bond donors (Lipinski definition) is 0. The highest BCUT2D eigenvalue weighted by molar-refractivity contribution is 7.99. The van der Waals surface area contributed by atoms with Crippen LogP contribution in [0.2, 0.25) is 0 Å². The molecule has 9 heteroatoms. The van der Waals surface area contributed by atoms with Gasteiger partial charge >= 0.3 is 0 Å². The third-order valence-corrected chi connectivity index (χ3v) is 6.34. The number of hydrogen-bond acceptors (Lipinski definition) is 7. The third-order valence-electron chi connectivity index (χ3n) is 5.32. The standard InChI is InChI=1S/C22H22N4O4S/c1-25-21(13-30-19-10-9-15-5-2-3-6-16(15)12-19)23-24-22(25)31-14-20(27)17-7-4-8-18(11-17)26(28)29/h4,7-12H,2-3,5-6,13-14H2,1H3. The Balaban J connectivity index is 1.35. The molecular formula is C22H22N4O4S. The number of fused-ring (bicyclic) bond motifs is 1. The van der Waals surface area contributed by atoms with Gasteiger partial charge in [-0.1, -0.05) is 30.0 Å². The van der Waals surface area contributed by atoms with Crippen LogP contribution in [0.1, 0.15) is 40.2 Å². The van der Waals surface area contributed by atoms with Gasteiger partial charge in [-0.2, -0.15) is 0 Å². The van der Waals surface area contributed by atoms with Crippen molar-refractivity contribution in [2.24, 2.45) is 7.05 Å². The Bertz CT molecular complexity index is 1130. The molecule has 8 nitrogen and oxygen atoms in total. The number of rotatable bonds is 8. The smallest absolute Gasteiger partial charge is 0.270 e. The van der Waals surface area contributed by atoms with Crippen molar-refractivity contribution in [2.45, 2.75) is 37.4 Å². The minimum absolute atomic E-state index is 0.101. The summed E-state index contributed by atoms with van der Waals surface area (Å²) < 4.78 is 7.71. The molecule has 2 aromatic carbocycles. The van der Waals surface area contributed by atoms with Gasteiger partial charge in [0, 0.05) is 24.7 Å². The van der Waals surface area contributed by atoms with Crippen LogP contribution < -0.4 is 4.74 Å². The van der Waals surface area contributed by atoms with Gasteiger partial charge in [0.2, 0.25) is 0 Å². The summed E-state index contributed by atoms with van der Waals surface area (Å²) in [6.07, 6.45) is 4.69. The summed E-state index contributed by atoms with van der Waals surface area (Å²) in [7, 11) is 1.83. The highest BCUT2D eigenvalue weighted by atomic mass is 32.2. The molecule has 3 aromatic rings. The molecule has 1 aliphatic carbocycles. The highest BCUT2D eigenvalue weighted by Crippen LogP contribution is 2.26. The van der Waals surface area contributed by atoms with E-state index in [9.17, 15) is 14.9 Å². The Labute approximate surface area is 183 Å². The largest absolute Gasteiger partial charge is 0.486 e. The quantitative estimate of drug-likeness (QED) is 0.225. The molecule has 0 bridgehead atoms. The van der Waals surface area contributed by atoms with E-state index < -0.39 is 4.92 Å². The van der Waals surface area contributed by atoms with Crippen LogP contribution in [0, 0.1) is 10.1 Å². The number of non-ortho nitro benzene ring substituents is 1. The summed E-state index contributed by atoms with van der Waals surface area (Å²) in [6.45, 7) is 0.279. The van der Waals surface area contributed by atoms with Crippen molar-refractivity contribution in [1.29, 1.82) is 0 Å². The van der Waals surface area contributed by atoms with Gasteiger partial charge in [0.25, 0.3) is 5.69 Å². The van der Waals surface area contributed by atoms with Crippen LogP contribution in [0.3, 0.4) is 0 Å². The van der Waals surface area contributed by atoms with Gasteiger partial charge in [0.1, 0.15) is 12.4 Å². The Morgan fingerprint density at radius 1 is 1.16 bits per heavy atom. The second-order valence-corrected chi connectivity index (χ2v) is 8.35. The Morgan fingerprint density at radius 3 is 2.77 bits per heavy atom. The highest BCUT2D eigenvalue weighted by Gasteiger charge is 2.16. The predicted molar refractivity (Wildman–Crippen MR) is 117 cm³/mol. The Hall–Kier alpha value is -3.20. The Kier molecular flexibility index (Phi) is 6.31. The zero-order valence-electron chi connectivity index (χ0n) is 17.1. The van der Waals surface area contributed by atoms with Crippen LogP contribution in [0.15, 0.2) is 47.6 Å². The van der Waals surface area contributed by atoms with E-state index >= 15 is 0 Å². The fourth-order valence-electron chi connectivity index (χ4n) is 3.55. The van der Waals surface area contributed by atoms with Crippen molar-refractivity contribution >= 4 is 23.2 Å². The Morgan fingerprint density at radius 2 is 1.97 bits per heavy atom. The van der Waals surface area contributed by atoms with Gasteiger partial charge in [0.15, 0.2) is 16.8 Å². The van der Waals surface area contributed by atoms with Gasteiger partial charge in [-0.05, 0) is 48.9 Å². The number of nitro benzene ring substituents is 1. The molecular weight excluding hydrogens is 416 g/mol. The second-order valence-electron chi connectivity index (χ2n) is 7.40. The molecule has 0 radical (unpaired) electrons. The zero-order chi connectivity index (χ0) is 21.8. The minimum Gasteiger partial charge on any atom is -0.486 e. The molecule has 0 amide bonds. The van der Waals surface area contributed by atoms with E-state index in [2.05, 4.69) is 22.3 Å². The lowest BCUT2D eigenvalue weighted by Crippen LogP contribution is -2.07. The first-order valence-electron chi connectivity index (χ1n) is 10.0. The molecule has 0 fully saturated rings. The van der Waals surface area contributed by atoms with Crippen molar-refractivity contribution in [2.75, 3.05) is 5.75 Å². The molecule has 31 heavy (non-hydrogen) atoms. The first-order valence-corrected chi connectivity index (χ1v) is 11.0. The maximum Gasteiger partial charge on any atom is 0.270 e. The summed E-state index contributed by atoms with van der Waals surface area (Å²) in [5.74, 6) is 1.38. The number of aryl methyl sites for hydroxylation is 2. The minimum atomic E-state index is -0.512. The summed E-state index contributed by atoms with van der Waals surface area (Å²) in [6, 6.07) is 12.0. The van der Waals surface area contributed by atoms with E-state index in [0.29, 0.717) is 16.5 Å². The number of Topliss-reactive ketones (excluding diaryl/α,β-unsaturated/α-hetero) is 1. The molecule has 0 unspecified atom stereocenters. The predicted octanol–water partition coefficient (Wildman–Crippen LogP) is 4.16. The van der Waals surface area contributed by atoms with Crippen molar-refractivity contribution in [1.82, 2.24) is 14.8 Å². The monoisotopic (exact) mass is 438 g/mol. The number of ether oxygens (including phenoxy) is 1. The number of ketones is 1.